The molecule has 12 nitrogen and oxygen atoms in total. The molecule has 0 heterocycles. The van der Waals surface area contributed by atoms with E-state index >= 15 is 0 Å². The second-order valence-corrected chi connectivity index (χ2v) is 16.8. The molecule has 0 bridgehead atoms. The molecule has 8 atom stereocenters. The van der Waals surface area contributed by atoms with Gasteiger partial charge in [-0.3, -0.25) is 9.05 Å². The van der Waals surface area contributed by atoms with Crippen LogP contribution in [0.3, 0.4) is 0 Å². The fraction of sp³-hybridized carbons (Fsp3) is 0.609. The molecule has 0 saturated heterocycles. The summed E-state index contributed by atoms with van der Waals surface area (Å²) in [5.41, 5.74) is 8.04. The molecule has 13 heteroatoms. The molecule has 59 heavy (non-hydrogen) atoms. The third-order valence-electron chi connectivity index (χ3n) is 10.4. The van der Waals surface area contributed by atoms with E-state index in [1.165, 1.54) is 19.3 Å². The molecule has 0 spiro atoms. The minimum Gasteiger partial charge on any atom is -0.387 e. The van der Waals surface area contributed by atoms with E-state index in [1.54, 1.807) is 0 Å². The Balaban J connectivity index is 1.48. The third-order valence-corrected chi connectivity index (χ3v) is 11.4. The van der Waals surface area contributed by atoms with Crippen molar-refractivity contribution in [2.75, 3.05) is 33.0 Å². The highest BCUT2D eigenvalue weighted by molar-refractivity contribution is 7.47. The number of phosphoric acid groups is 1. The van der Waals surface area contributed by atoms with Crippen LogP contribution in [0, 0.1) is 0 Å². The average molecular weight is 844 g/mol. The Morgan fingerprint density at radius 3 is 1.51 bits per heavy atom. The molecule has 3 unspecified atom stereocenters. The molecule has 0 amide bonds. The lowest BCUT2D eigenvalue weighted by molar-refractivity contribution is -0.258. The highest BCUT2D eigenvalue weighted by Crippen LogP contribution is 2.48. The predicted molar refractivity (Wildman–Crippen MR) is 228 cm³/mol. The molecule has 0 aliphatic heterocycles. The minimum atomic E-state index is -4.91. The first-order chi connectivity index (χ1) is 28.8. The Bertz CT molecular complexity index is 1470. The summed E-state index contributed by atoms with van der Waals surface area (Å²) in [4.78, 5) is 11.3. The number of unbranched alkanes of at least 4 members (excludes halogenated alkanes) is 10. The summed E-state index contributed by atoms with van der Waals surface area (Å²) in [5, 5.41) is 23.7. The van der Waals surface area contributed by atoms with Gasteiger partial charge in [0.05, 0.1) is 33.0 Å². The van der Waals surface area contributed by atoms with E-state index in [4.69, 9.17) is 38.5 Å². The topological polar surface area (TPSA) is 168 Å². The van der Waals surface area contributed by atoms with Gasteiger partial charge in [0.15, 0.2) is 0 Å². The second-order valence-electron chi connectivity index (χ2n) is 15.3. The van der Waals surface area contributed by atoms with E-state index in [1.807, 2.05) is 91.0 Å². The van der Waals surface area contributed by atoms with E-state index in [2.05, 4.69) is 6.92 Å². The summed E-state index contributed by atoms with van der Waals surface area (Å²) in [6.07, 6.45) is 4.13. The van der Waals surface area contributed by atoms with E-state index in [0.717, 1.165) is 81.0 Å². The molecule has 1 saturated carbocycles. The fourth-order valence-electron chi connectivity index (χ4n) is 7.06. The molecule has 1 aliphatic carbocycles. The van der Waals surface area contributed by atoms with E-state index in [0.29, 0.717) is 13.2 Å². The lowest BCUT2D eigenvalue weighted by Gasteiger charge is -2.46. The quantitative estimate of drug-likeness (QED) is 0.0353. The third kappa shape index (κ3) is 18.9. The fourth-order valence-corrected chi connectivity index (χ4v) is 8.03. The number of rotatable bonds is 32. The van der Waals surface area contributed by atoms with Crippen LogP contribution in [-0.4, -0.2) is 90.8 Å². The van der Waals surface area contributed by atoms with Crippen molar-refractivity contribution in [1.82, 2.24) is 0 Å². The highest BCUT2D eigenvalue weighted by atomic mass is 31.2. The first kappa shape index (κ1) is 49.1. The number of nitrogens with two attached hydrogens (primary N) is 1. The first-order valence-electron chi connectivity index (χ1n) is 21.7. The van der Waals surface area contributed by atoms with Crippen LogP contribution in [0.25, 0.3) is 0 Å². The molecule has 3 aromatic rings. The van der Waals surface area contributed by atoms with E-state index in [9.17, 15) is 19.7 Å². The van der Waals surface area contributed by atoms with Crippen molar-refractivity contribution < 1.29 is 52.4 Å². The van der Waals surface area contributed by atoms with E-state index < -0.39 is 50.6 Å². The highest BCUT2D eigenvalue weighted by Gasteiger charge is 2.55. The smallest absolute Gasteiger partial charge is 0.387 e. The van der Waals surface area contributed by atoms with Gasteiger partial charge in [0.2, 0.25) is 0 Å². The SMILES string of the molecule is CCCCCCCCO[C@H](COCCCCCCCCN)COP(=O)(O)OC1[C@H](OCc2ccccc2)[C@H](O)C(OCc2ccccc2)[C@H](O)[C@H]1OCc1ccccc1. The van der Waals surface area contributed by atoms with Crippen LogP contribution in [0.2, 0.25) is 0 Å². The maximum Gasteiger partial charge on any atom is 0.472 e. The summed E-state index contributed by atoms with van der Waals surface area (Å²) >= 11 is 0. The Hall–Kier alpha value is -2.55. The lowest BCUT2D eigenvalue weighted by Crippen LogP contribution is -2.66. The van der Waals surface area contributed by atoms with Crippen molar-refractivity contribution in [3.05, 3.63) is 108 Å². The van der Waals surface area contributed by atoms with Gasteiger partial charge >= 0.3 is 7.82 Å². The van der Waals surface area contributed by atoms with Crippen molar-refractivity contribution in [3.8, 4) is 0 Å². The maximum absolute atomic E-state index is 13.9. The van der Waals surface area contributed by atoms with Gasteiger partial charge < -0.3 is 44.5 Å². The zero-order valence-corrected chi connectivity index (χ0v) is 35.9. The molecule has 0 radical (unpaired) electrons. The Kier molecular flexibility index (Phi) is 24.0. The second kappa shape index (κ2) is 28.9. The zero-order chi connectivity index (χ0) is 42.0. The van der Waals surface area contributed by atoms with Crippen LogP contribution < -0.4 is 5.73 Å². The summed E-state index contributed by atoms with van der Waals surface area (Å²) in [6.45, 7) is 3.94. The maximum atomic E-state index is 13.9. The number of ether oxygens (including phenoxy) is 5. The monoisotopic (exact) mass is 843 g/mol. The normalized spacial score (nSPS) is 22.3. The van der Waals surface area contributed by atoms with Crippen LogP contribution in [-0.2, 0) is 57.1 Å². The molecule has 5 N–H and O–H groups in total. The van der Waals surface area contributed by atoms with Crippen molar-refractivity contribution in [2.45, 2.75) is 147 Å². The van der Waals surface area contributed by atoms with Gasteiger partial charge in [0, 0.05) is 13.2 Å². The van der Waals surface area contributed by atoms with Crippen molar-refractivity contribution >= 4 is 7.82 Å². The molecule has 3 aromatic carbocycles. The van der Waals surface area contributed by atoms with Crippen molar-refractivity contribution in [1.29, 1.82) is 0 Å². The summed E-state index contributed by atoms with van der Waals surface area (Å²) in [6, 6.07) is 28.0. The molecule has 330 valence electrons. The van der Waals surface area contributed by atoms with Gasteiger partial charge in [-0.15, -0.1) is 0 Å². The van der Waals surface area contributed by atoms with Crippen LogP contribution in [0.5, 0.6) is 0 Å². The zero-order valence-electron chi connectivity index (χ0n) is 35.0. The van der Waals surface area contributed by atoms with Crippen LogP contribution in [0.15, 0.2) is 91.0 Å². The summed E-state index contributed by atoms with van der Waals surface area (Å²) in [5.74, 6) is 0. The predicted octanol–water partition coefficient (Wildman–Crippen LogP) is 8.04. The number of aliphatic hydroxyl groups excluding tert-OH is 2. The van der Waals surface area contributed by atoms with Crippen LogP contribution in [0.1, 0.15) is 101 Å². The number of phosphoric ester groups is 1. The first-order valence-corrected chi connectivity index (χ1v) is 23.2. The molecule has 1 aliphatic rings. The Labute approximate surface area is 352 Å². The van der Waals surface area contributed by atoms with Gasteiger partial charge in [-0.05, 0) is 42.5 Å². The number of hydrogen-bond donors (Lipinski definition) is 4. The Morgan fingerprint density at radius 1 is 0.576 bits per heavy atom. The molecule has 1 fully saturated rings. The molecule has 4 rings (SSSR count). The largest absolute Gasteiger partial charge is 0.472 e. The average Bonchev–Trinajstić information content (AvgIpc) is 3.25. The van der Waals surface area contributed by atoms with Gasteiger partial charge in [-0.25, -0.2) is 4.57 Å². The van der Waals surface area contributed by atoms with Crippen LogP contribution >= 0.6 is 7.82 Å². The van der Waals surface area contributed by atoms with Gasteiger partial charge in [-0.1, -0.05) is 156 Å². The van der Waals surface area contributed by atoms with Gasteiger partial charge in [0.1, 0.15) is 42.7 Å². The van der Waals surface area contributed by atoms with Crippen molar-refractivity contribution in [2.24, 2.45) is 5.73 Å². The van der Waals surface area contributed by atoms with E-state index in [-0.39, 0.29) is 33.0 Å². The molecular formula is C46H70NO11P. The summed E-state index contributed by atoms with van der Waals surface area (Å²) in [7, 11) is -4.91. The minimum absolute atomic E-state index is 0.0331. The number of hydrogen-bond acceptors (Lipinski definition) is 11. The molecular weight excluding hydrogens is 773 g/mol. The standard InChI is InChI=1S/C46H70NO11P/c1-2-3-4-5-10-22-31-53-40(35-52-30-21-9-7-6-8-20-29-47)36-57-59(50,51)58-46-44(55-33-38-25-16-12-17-26-38)41(48)43(54-32-37-23-14-11-15-24-37)42(49)45(46)56-34-39-27-18-13-19-28-39/h11-19,23-28,40-46,48-49H,2-10,20-22,29-36,47H2,1H3,(H,50,51)/t40-,41-,42+,43?,44-,45-,46?/m1/s1. The number of benzene rings is 3. The van der Waals surface area contributed by atoms with Gasteiger partial charge in [0.25, 0.3) is 0 Å². The number of aliphatic hydroxyl groups is 2. The van der Waals surface area contributed by atoms with Gasteiger partial charge in [-0.2, -0.15) is 0 Å². The lowest BCUT2D eigenvalue weighted by atomic mass is 9.84. The van der Waals surface area contributed by atoms with Crippen molar-refractivity contribution in [3.63, 3.8) is 0 Å². The molecule has 0 aromatic heterocycles. The summed E-state index contributed by atoms with van der Waals surface area (Å²) < 4.78 is 56.4. The van der Waals surface area contributed by atoms with Crippen LogP contribution in [0.4, 0.5) is 0 Å². The Morgan fingerprint density at radius 2 is 1.02 bits per heavy atom.